The lowest BCUT2D eigenvalue weighted by Gasteiger charge is -2.18. The number of rotatable bonds is 3. The molecule has 1 fully saturated rings. The van der Waals surface area contributed by atoms with Crippen molar-refractivity contribution in [2.24, 2.45) is 14.1 Å². The molecule has 0 N–H and O–H groups in total. The van der Waals surface area contributed by atoms with Gasteiger partial charge in [0.15, 0.2) is 0 Å². The minimum atomic E-state index is -3.69. The molecule has 3 aromatic rings. The zero-order valence-corrected chi connectivity index (χ0v) is 16.5. The standard InChI is InChI=1S/C20H21N3O4S/c1-21-17-9-8-16(12-18(17)22(2)20(25)19(21)24)28(26,27)23-11-10-15(13-23)14-6-4-3-5-7-14/h3-9,12,15H,10-11,13H2,1-2H3. The molecule has 2 aromatic carbocycles. The van der Waals surface area contributed by atoms with Crippen LogP contribution < -0.4 is 11.1 Å². The van der Waals surface area contributed by atoms with Crippen LogP contribution in [0.5, 0.6) is 0 Å². The van der Waals surface area contributed by atoms with E-state index in [1.165, 1.54) is 39.7 Å². The van der Waals surface area contributed by atoms with Gasteiger partial charge in [0, 0.05) is 27.2 Å². The van der Waals surface area contributed by atoms with Crippen LogP contribution in [-0.2, 0) is 24.1 Å². The molecule has 0 aliphatic carbocycles. The second-order valence-electron chi connectivity index (χ2n) is 7.14. The fraction of sp³-hybridized carbons (Fsp3) is 0.300. The third-order valence-corrected chi connectivity index (χ3v) is 7.38. The van der Waals surface area contributed by atoms with Crippen molar-refractivity contribution in [3.05, 3.63) is 74.8 Å². The van der Waals surface area contributed by atoms with Crippen LogP contribution in [0.25, 0.3) is 11.0 Å². The third-order valence-electron chi connectivity index (χ3n) is 5.52. The maximum Gasteiger partial charge on any atom is 0.316 e. The van der Waals surface area contributed by atoms with Crippen molar-refractivity contribution in [3.8, 4) is 0 Å². The van der Waals surface area contributed by atoms with Crippen molar-refractivity contribution in [2.75, 3.05) is 13.1 Å². The molecule has 4 rings (SSSR count). The van der Waals surface area contributed by atoms with Gasteiger partial charge in [0.05, 0.1) is 15.9 Å². The summed E-state index contributed by atoms with van der Waals surface area (Å²) < 4.78 is 30.3. The van der Waals surface area contributed by atoms with E-state index in [-0.39, 0.29) is 10.8 Å². The number of hydrogen-bond acceptors (Lipinski definition) is 4. The highest BCUT2D eigenvalue weighted by Gasteiger charge is 2.33. The van der Waals surface area contributed by atoms with Crippen molar-refractivity contribution in [3.63, 3.8) is 0 Å². The van der Waals surface area contributed by atoms with Crippen LogP contribution in [0.3, 0.4) is 0 Å². The lowest BCUT2D eigenvalue weighted by Crippen LogP contribution is -2.39. The lowest BCUT2D eigenvalue weighted by molar-refractivity contribution is 0.473. The second-order valence-corrected chi connectivity index (χ2v) is 9.08. The van der Waals surface area contributed by atoms with Gasteiger partial charge in [-0.25, -0.2) is 8.42 Å². The SMILES string of the molecule is Cn1c(=O)c(=O)n(C)c2cc(S(=O)(=O)N3CCC(c4ccccc4)C3)ccc21. The Balaban J connectivity index is 1.73. The van der Waals surface area contributed by atoms with Gasteiger partial charge < -0.3 is 9.13 Å². The molecule has 1 aromatic heterocycles. The molecular formula is C20H21N3O4S. The largest absolute Gasteiger partial charge is 0.316 e. The number of nitrogens with zero attached hydrogens (tertiary/aromatic N) is 3. The zero-order valence-electron chi connectivity index (χ0n) is 15.7. The van der Waals surface area contributed by atoms with Crippen LogP contribution in [0.15, 0.2) is 63.0 Å². The number of benzene rings is 2. The number of aromatic nitrogens is 2. The Hall–Kier alpha value is -2.71. The number of sulfonamides is 1. The molecule has 146 valence electrons. The molecule has 1 aliphatic rings. The highest BCUT2D eigenvalue weighted by molar-refractivity contribution is 7.89. The van der Waals surface area contributed by atoms with E-state index in [1.54, 1.807) is 6.07 Å². The normalized spacial score (nSPS) is 18.0. The summed E-state index contributed by atoms with van der Waals surface area (Å²) in [4.78, 5) is 24.2. The van der Waals surface area contributed by atoms with Gasteiger partial charge in [-0.2, -0.15) is 4.31 Å². The van der Waals surface area contributed by atoms with Crippen molar-refractivity contribution >= 4 is 21.1 Å². The first-order valence-electron chi connectivity index (χ1n) is 9.05. The van der Waals surface area contributed by atoms with Crippen LogP contribution in [0.4, 0.5) is 0 Å². The van der Waals surface area contributed by atoms with E-state index in [2.05, 4.69) is 0 Å². The summed E-state index contributed by atoms with van der Waals surface area (Å²) in [6, 6.07) is 14.5. The first kappa shape index (κ1) is 18.6. The minimum Gasteiger partial charge on any atom is -0.305 e. The van der Waals surface area contributed by atoms with Gasteiger partial charge in [-0.15, -0.1) is 0 Å². The summed E-state index contributed by atoms with van der Waals surface area (Å²) in [7, 11) is -0.712. The Labute approximate surface area is 162 Å². The molecule has 2 heterocycles. The molecule has 0 spiro atoms. The molecule has 8 heteroatoms. The molecule has 28 heavy (non-hydrogen) atoms. The first-order valence-corrected chi connectivity index (χ1v) is 10.5. The molecule has 0 amide bonds. The molecule has 7 nitrogen and oxygen atoms in total. The summed E-state index contributed by atoms with van der Waals surface area (Å²) in [6.07, 6.45) is 0.768. The van der Waals surface area contributed by atoms with Gasteiger partial charge in [0.25, 0.3) is 0 Å². The van der Waals surface area contributed by atoms with Crippen molar-refractivity contribution < 1.29 is 8.42 Å². The van der Waals surface area contributed by atoms with E-state index in [0.717, 1.165) is 12.0 Å². The zero-order chi connectivity index (χ0) is 20.1. The summed E-state index contributed by atoms with van der Waals surface area (Å²) in [6.45, 7) is 0.878. The van der Waals surface area contributed by atoms with Crippen LogP contribution in [0.2, 0.25) is 0 Å². The smallest absolute Gasteiger partial charge is 0.305 e. The van der Waals surface area contributed by atoms with E-state index in [9.17, 15) is 18.0 Å². The van der Waals surface area contributed by atoms with Gasteiger partial charge in [-0.1, -0.05) is 30.3 Å². The molecule has 1 unspecified atom stereocenters. The van der Waals surface area contributed by atoms with Crippen molar-refractivity contribution in [1.29, 1.82) is 0 Å². The van der Waals surface area contributed by atoms with E-state index >= 15 is 0 Å². The van der Waals surface area contributed by atoms with Crippen LogP contribution in [0, 0.1) is 0 Å². The molecular weight excluding hydrogens is 378 g/mol. The Morgan fingerprint density at radius 2 is 1.54 bits per heavy atom. The van der Waals surface area contributed by atoms with E-state index in [1.807, 2.05) is 30.3 Å². The number of fused-ring (bicyclic) bond motifs is 1. The Morgan fingerprint density at radius 3 is 2.21 bits per heavy atom. The number of hydrogen-bond donors (Lipinski definition) is 0. The average molecular weight is 399 g/mol. The maximum absolute atomic E-state index is 13.2. The quantitative estimate of drug-likeness (QED) is 0.624. The van der Waals surface area contributed by atoms with Gasteiger partial charge in [-0.3, -0.25) is 9.59 Å². The highest BCUT2D eigenvalue weighted by atomic mass is 32.2. The summed E-state index contributed by atoms with van der Waals surface area (Å²) >= 11 is 0. The van der Waals surface area contributed by atoms with Gasteiger partial charge in [0.2, 0.25) is 10.0 Å². The van der Waals surface area contributed by atoms with E-state index in [0.29, 0.717) is 24.1 Å². The maximum atomic E-state index is 13.2. The van der Waals surface area contributed by atoms with Crippen molar-refractivity contribution in [1.82, 2.24) is 13.4 Å². The van der Waals surface area contributed by atoms with Crippen LogP contribution in [0.1, 0.15) is 17.9 Å². The highest BCUT2D eigenvalue weighted by Crippen LogP contribution is 2.31. The third kappa shape index (κ3) is 2.89. The predicted molar refractivity (Wildman–Crippen MR) is 107 cm³/mol. The monoisotopic (exact) mass is 399 g/mol. The van der Waals surface area contributed by atoms with Crippen molar-refractivity contribution in [2.45, 2.75) is 17.2 Å². The molecule has 1 atom stereocenters. The Bertz CT molecular complexity index is 1280. The minimum absolute atomic E-state index is 0.127. The Kier molecular flexibility index (Phi) is 4.47. The average Bonchev–Trinajstić information content (AvgIpc) is 3.22. The van der Waals surface area contributed by atoms with E-state index in [4.69, 9.17) is 0 Å². The van der Waals surface area contributed by atoms with Gasteiger partial charge in [0.1, 0.15) is 0 Å². The summed E-state index contributed by atoms with van der Waals surface area (Å²) in [5.74, 6) is 0.168. The van der Waals surface area contributed by atoms with Gasteiger partial charge >= 0.3 is 11.1 Å². The Morgan fingerprint density at radius 1 is 0.893 bits per heavy atom. The molecule has 0 saturated carbocycles. The van der Waals surface area contributed by atoms with Crippen LogP contribution in [-0.4, -0.2) is 34.9 Å². The van der Waals surface area contributed by atoms with Gasteiger partial charge in [-0.05, 0) is 36.1 Å². The summed E-state index contributed by atoms with van der Waals surface area (Å²) in [5, 5.41) is 0. The van der Waals surface area contributed by atoms with Crippen LogP contribution >= 0.6 is 0 Å². The number of aryl methyl sites for hydroxylation is 2. The second kappa shape index (κ2) is 6.72. The fourth-order valence-electron chi connectivity index (χ4n) is 3.81. The van der Waals surface area contributed by atoms with E-state index < -0.39 is 21.1 Å². The predicted octanol–water partition coefficient (Wildman–Crippen LogP) is 1.42. The molecule has 0 bridgehead atoms. The lowest BCUT2D eigenvalue weighted by atomic mass is 9.99. The topological polar surface area (TPSA) is 81.4 Å². The summed E-state index contributed by atoms with van der Waals surface area (Å²) in [5.41, 5.74) is 0.725. The molecule has 1 aliphatic heterocycles. The first-order chi connectivity index (χ1) is 13.3. The molecule has 0 radical (unpaired) electrons. The molecule has 1 saturated heterocycles. The fourth-order valence-corrected chi connectivity index (χ4v) is 5.34.